The third-order valence-corrected chi connectivity index (χ3v) is 3.81. The summed E-state index contributed by atoms with van der Waals surface area (Å²) in [5.41, 5.74) is 1.97. The van der Waals surface area contributed by atoms with Gasteiger partial charge in [0.05, 0.1) is 18.1 Å². The molecule has 0 saturated carbocycles. The zero-order chi connectivity index (χ0) is 12.0. The maximum absolute atomic E-state index is 11.7. The van der Waals surface area contributed by atoms with Crippen LogP contribution >= 0.6 is 0 Å². The van der Waals surface area contributed by atoms with Crippen molar-refractivity contribution < 1.29 is 13.2 Å². The smallest absolute Gasteiger partial charge is 0.156 e. The van der Waals surface area contributed by atoms with Crippen LogP contribution in [0.2, 0.25) is 0 Å². The highest BCUT2D eigenvalue weighted by molar-refractivity contribution is 7.90. The van der Waals surface area contributed by atoms with Gasteiger partial charge in [0.2, 0.25) is 0 Å². The summed E-state index contributed by atoms with van der Waals surface area (Å²) >= 11 is 0. The van der Waals surface area contributed by atoms with E-state index in [0.717, 1.165) is 11.1 Å². The van der Waals surface area contributed by atoms with Gasteiger partial charge >= 0.3 is 0 Å². The number of aryl methyl sites for hydroxylation is 1. The van der Waals surface area contributed by atoms with Crippen molar-refractivity contribution in [2.45, 2.75) is 19.6 Å². The lowest BCUT2D eigenvalue weighted by Crippen LogP contribution is -2.14. The van der Waals surface area contributed by atoms with Gasteiger partial charge in [-0.2, -0.15) is 0 Å². The molecule has 16 heavy (non-hydrogen) atoms. The van der Waals surface area contributed by atoms with Gasteiger partial charge in [0.15, 0.2) is 9.84 Å². The van der Waals surface area contributed by atoms with Gasteiger partial charge < -0.3 is 4.74 Å². The van der Waals surface area contributed by atoms with E-state index in [-0.39, 0.29) is 18.1 Å². The van der Waals surface area contributed by atoms with Crippen LogP contribution in [0, 0.1) is 6.92 Å². The van der Waals surface area contributed by atoms with E-state index in [1.807, 2.05) is 38.1 Å². The van der Waals surface area contributed by atoms with E-state index in [9.17, 15) is 8.42 Å². The Kier molecular flexibility index (Phi) is 4.96. The molecule has 0 saturated heterocycles. The van der Waals surface area contributed by atoms with Gasteiger partial charge in [-0.1, -0.05) is 29.8 Å². The zero-order valence-electron chi connectivity index (χ0n) is 9.77. The van der Waals surface area contributed by atoms with Crippen molar-refractivity contribution in [1.82, 2.24) is 0 Å². The molecule has 1 aromatic rings. The topological polar surface area (TPSA) is 43.4 Å². The van der Waals surface area contributed by atoms with Gasteiger partial charge in [-0.15, -0.1) is 0 Å². The third-order valence-electron chi connectivity index (χ3n) is 2.25. The molecule has 0 N–H and O–H groups in total. The second kappa shape index (κ2) is 6.01. The maximum atomic E-state index is 11.7. The standard InChI is InChI=1S/C12H18O3S/c1-3-15-8-9-16(13,14)10-12-6-4-11(2)5-7-12/h4-7H,3,8-10H2,1-2H3. The Balaban J connectivity index is 2.55. The Morgan fingerprint density at radius 2 is 1.81 bits per heavy atom. The molecule has 0 fully saturated rings. The third kappa shape index (κ3) is 4.77. The van der Waals surface area contributed by atoms with Gasteiger partial charge in [-0.05, 0) is 19.4 Å². The van der Waals surface area contributed by atoms with Crippen molar-refractivity contribution in [3.8, 4) is 0 Å². The predicted molar refractivity (Wildman–Crippen MR) is 65.2 cm³/mol. The first-order valence-corrected chi connectivity index (χ1v) is 7.19. The van der Waals surface area contributed by atoms with E-state index in [0.29, 0.717) is 6.61 Å². The van der Waals surface area contributed by atoms with E-state index in [1.54, 1.807) is 0 Å². The molecule has 0 radical (unpaired) electrons. The SMILES string of the molecule is CCOCCS(=O)(=O)Cc1ccc(C)cc1. The Bertz CT molecular complexity index is 406. The summed E-state index contributed by atoms with van der Waals surface area (Å²) in [5, 5.41) is 0. The predicted octanol–water partition coefficient (Wildman–Crippen LogP) is 1.95. The highest BCUT2D eigenvalue weighted by Gasteiger charge is 2.11. The summed E-state index contributed by atoms with van der Waals surface area (Å²) in [6, 6.07) is 7.56. The molecule has 90 valence electrons. The van der Waals surface area contributed by atoms with Crippen LogP contribution in [-0.2, 0) is 20.3 Å². The number of hydrogen-bond donors (Lipinski definition) is 0. The highest BCUT2D eigenvalue weighted by Crippen LogP contribution is 2.08. The molecular weight excluding hydrogens is 224 g/mol. The fourth-order valence-electron chi connectivity index (χ4n) is 1.34. The lowest BCUT2D eigenvalue weighted by atomic mass is 10.2. The molecule has 0 spiro atoms. The molecule has 0 aliphatic carbocycles. The van der Waals surface area contributed by atoms with Crippen molar-refractivity contribution in [3.05, 3.63) is 35.4 Å². The normalized spacial score (nSPS) is 11.6. The van der Waals surface area contributed by atoms with Gasteiger partial charge in [-0.25, -0.2) is 8.42 Å². The Morgan fingerprint density at radius 3 is 2.38 bits per heavy atom. The summed E-state index contributed by atoms with van der Waals surface area (Å²) in [6.45, 7) is 4.67. The molecule has 0 aromatic heterocycles. The summed E-state index contributed by atoms with van der Waals surface area (Å²) in [7, 11) is -3.04. The number of hydrogen-bond acceptors (Lipinski definition) is 3. The van der Waals surface area contributed by atoms with Crippen LogP contribution < -0.4 is 0 Å². The molecule has 0 bridgehead atoms. The summed E-state index contributed by atoms with van der Waals surface area (Å²) in [4.78, 5) is 0. The minimum atomic E-state index is -3.04. The summed E-state index contributed by atoms with van der Waals surface area (Å²) in [5.74, 6) is 0.190. The average molecular weight is 242 g/mol. The van der Waals surface area contributed by atoms with E-state index in [4.69, 9.17) is 4.74 Å². The van der Waals surface area contributed by atoms with Gasteiger partial charge in [-0.3, -0.25) is 0 Å². The van der Waals surface area contributed by atoms with E-state index >= 15 is 0 Å². The van der Waals surface area contributed by atoms with Crippen molar-refractivity contribution in [3.63, 3.8) is 0 Å². The summed E-state index contributed by atoms with van der Waals surface area (Å²) < 4.78 is 28.4. The largest absolute Gasteiger partial charge is 0.381 e. The molecule has 3 nitrogen and oxygen atoms in total. The van der Waals surface area contributed by atoms with Gasteiger partial charge in [0.1, 0.15) is 0 Å². The number of ether oxygens (including phenoxy) is 1. The second-order valence-corrected chi connectivity index (χ2v) is 5.96. The number of rotatable bonds is 6. The molecule has 0 heterocycles. The van der Waals surface area contributed by atoms with E-state index in [2.05, 4.69) is 0 Å². The monoisotopic (exact) mass is 242 g/mol. The van der Waals surface area contributed by atoms with Gasteiger partial charge in [0, 0.05) is 6.61 Å². The molecular formula is C12H18O3S. The molecule has 1 rings (SSSR count). The van der Waals surface area contributed by atoms with Gasteiger partial charge in [0.25, 0.3) is 0 Å². The molecule has 0 aliphatic heterocycles. The fourth-order valence-corrected chi connectivity index (χ4v) is 2.56. The van der Waals surface area contributed by atoms with Crippen molar-refractivity contribution in [2.75, 3.05) is 19.0 Å². The Labute approximate surface area is 97.4 Å². The first-order chi connectivity index (χ1) is 7.53. The van der Waals surface area contributed by atoms with Crippen molar-refractivity contribution in [1.29, 1.82) is 0 Å². The number of sulfone groups is 1. The fraction of sp³-hybridized carbons (Fsp3) is 0.500. The lowest BCUT2D eigenvalue weighted by molar-refractivity contribution is 0.163. The first kappa shape index (κ1) is 13.2. The quantitative estimate of drug-likeness (QED) is 0.716. The molecule has 1 aromatic carbocycles. The Hall–Kier alpha value is -0.870. The van der Waals surface area contributed by atoms with E-state index < -0.39 is 9.84 Å². The number of benzene rings is 1. The molecule has 0 aliphatic rings. The molecule has 0 atom stereocenters. The second-order valence-electron chi connectivity index (χ2n) is 3.77. The molecule has 0 amide bonds. The minimum Gasteiger partial charge on any atom is -0.381 e. The zero-order valence-corrected chi connectivity index (χ0v) is 10.6. The van der Waals surface area contributed by atoms with Crippen LogP contribution in [0.15, 0.2) is 24.3 Å². The molecule has 4 heteroatoms. The van der Waals surface area contributed by atoms with E-state index in [1.165, 1.54) is 0 Å². The van der Waals surface area contributed by atoms with Crippen LogP contribution in [-0.4, -0.2) is 27.4 Å². The van der Waals surface area contributed by atoms with Crippen molar-refractivity contribution in [2.24, 2.45) is 0 Å². The van der Waals surface area contributed by atoms with Crippen molar-refractivity contribution >= 4 is 9.84 Å². The minimum absolute atomic E-state index is 0.0920. The van der Waals surface area contributed by atoms with Crippen LogP contribution in [0.3, 0.4) is 0 Å². The van der Waals surface area contributed by atoms with Crippen LogP contribution in [0.1, 0.15) is 18.1 Å². The lowest BCUT2D eigenvalue weighted by Gasteiger charge is -2.05. The first-order valence-electron chi connectivity index (χ1n) is 5.37. The van der Waals surface area contributed by atoms with Crippen LogP contribution in [0.25, 0.3) is 0 Å². The average Bonchev–Trinajstić information content (AvgIpc) is 2.21. The highest BCUT2D eigenvalue weighted by atomic mass is 32.2. The van der Waals surface area contributed by atoms with Crippen LogP contribution in [0.4, 0.5) is 0 Å². The maximum Gasteiger partial charge on any atom is 0.156 e. The van der Waals surface area contributed by atoms with Crippen LogP contribution in [0.5, 0.6) is 0 Å². The Morgan fingerprint density at radius 1 is 1.19 bits per heavy atom. The molecule has 0 unspecified atom stereocenters. The summed E-state index contributed by atoms with van der Waals surface area (Å²) in [6.07, 6.45) is 0.